The minimum atomic E-state index is -0.525. The van der Waals surface area contributed by atoms with E-state index in [1.165, 1.54) is 0 Å². The first-order valence-electron chi connectivity index (χ1n) is 9.15. The molecule has 25 heavy (non-hydrogen) atoms. The lowest BCUT2D eigenvalue weighted by Gasteiger charge is -2.37. The second-order valence-corrected chi connectivity index (χ2v) is 7.26. The summed E-state index contributed by atoms with van der Waals surface area (Å²) >= 11 is 0. The van der Waals surface area contributed by atoms with Gasteiger partial charge in [0.2, 0.25) is 11.8 Å². The summed E-state index contributed by atoms with van der Waals surface area (Å²) in [5.41, 5.74) is 1.10. The normalized spacial score (nSPS) is 26.5. The molecule has 3 aliphatic rings. The zero-order valence-corrected chi connectivity index (χ0v) is 14.2. The Morgan fingerprint density at radius 2 is 1.88 bits per heavy atom. The number of nitrogens with zero attached hydrogens (tertiary/aromatic N) is 1. The van der Waals surface area contributed by atoms with Crippen molar-refractivity contribution in [2.75, 3.05) is 11.9 Å². The third-order valence-corrected chi connectivity index (χ3v) is 5.65. The van der Waals surface area contributed by atoms with Gasteiger partial charge in [-0.25, -0.2) is 0 Å². The average molecular weight is 341 g/mol. The van der Waals surface area contributed by atoms with Crippen molar-refractivity contribution >= 4 is 23.4 Å². The SMILES string of the molecule is O=C(NC1CCN2C(=O)c3ccccc3NC(=O)C2C1)C1CCCC1. The highest BCUT2D eigenvalue weighted by Gasteiger charge is 2.40. The van der Waals surface area contributed by atoms with Crippen molar-refractivity contribution in [2.24, 2.45) is 5.92 Å². The number of hydrogen-bond donors (Lipinski definition) is 2. The first-order chi connectivity index (χ1) is 12.1. The second-order valence-electron chi connectivity index (χ2n) is 7.26. The van der Waals surface area contributed by atoms with E-state index in [-0.39, 0.29) is 29.7 Å². The summed E-state index contributed by atoms with van der Waals surface area (Å²) in [5, 5.41) is 5.98. The maximum atomic E-state index is 12.8. The summed E-state index contributed by atoms with van der Waals surface area (Å²) in [6.07, 6.45) is 5.33. The molecule has 0 radical (unpaired) electrons. The average Bonchev–Trinajstić information content (AvgIpc) is 3.13. The van der Waals surface area contributed by atoms with Crippen molar-refractivity contribution in [2.45, 2.75) is 50.6 Å². The van der Waals surface area contributed by atoms with Crippen LogP contribution in [0.1, 0.15) is 48.9 Å². The van der Waals surface area contributed by atoms with Crippen molar-refractivity contribution in [1.82, 2.24) is 10.2 Å². The zero-order chi connectivity index (χ0) is 17.4. The van der Waals surface area contributed by atoms with Crippen LogP contribution in [0.15, 0.2) is 24.3 Å². The Hall–Kier alpha value is -2.37. The van der Waals surface area contributed by atoms with E-state index in [1.807, 2.05) is 0 Å². The second kappa shape index (κ2) is 6.50. The summed E-state index contributed by atoms with van der Waals surface area (Å²) in [7, 11) is 0. The number of benzene rings is 1. The lowest BCUT2D eigenvalue weighted by atomic mass is 9.95. The highest BCUT2D eigenvalue weighted by molar-refractivity contribution is 6.09. The Labute approximate surface area is 147 Å². The molecular weight excluding hydrogens is 318 g/mol. The van der Waals surface area contributed by atoms with E-state index < -0.39 is 6.04 Å². The molecule has 6 nitrogen and oxygen atoms in total. The molecule has 3 amide bonds. The van der Waals surface area contributed by atoms with E-state index >= 15 is 0 Å². The zero-order valence-electron chi connectivity index (χ0n) is 14.2. The van der Waals surface area contributed by atoms with Crippen LogP contribution in [0.25, 0.3) is 0 Å². The third kappa shape index (κ3) is 3.01. The quantitative estimate of drug-likeness (QED) is 0.863. The van der Waals surface area contributed by atoms with E-state index in [0.29, 0.717) is 30.6 Å². The van der Waals surface area contributed by atoms with Crippen molar-refractivity contribution in [1.29, 1.82) is 0 Å². The number of nitrogens with one attached hydrogen (secondary N) is 2. The molecule has 4 rings (SSSR count). The van der Waals surface area contributed by atoms with Crippen molar-refractivity contribution < 1.29 is 14.4 Å². The number of fused-ring (bicyclic) bond motifs is 2. The Kier molecular flexibility index (Phi) is 4.19. The van der Waals surface area contributed by atoms with Gasteiger partial charge in [0.05, 0.1) is 11.3 Å². The molecule has 132 valence electrons. The van der Waals surface area contributed by atoms with Gasteiger partial charge in [-0.05, 0) is 37.8 Å². The lowest BCUT2D eigenvalue weighted by molar-refractivity contribution is -0.127. The molecule has 1 aliphatic carbocycles. The summed E-state index contributed by atoms with van der Waals surface area (Å²) < 4.78 is 0. The lowest BCUT2D eigenvalue weighted by Crippen LogP contribution is -2.55. The molecule has 2 heterocycles. The van der Waals surface area contributed by atoms with Gasteiger partial charge in [0, 0.05) is 18.5 Å². The first-order valence-corrected chi connectivity index (χ1v) is 9.15. The van der Waals surface area contributed by atoms with Crippen LogP contribution in [0.2, 0.25) is 0 Å². The van der Waals surface area contributed by atoms with Gasteiger partial charge in [-0.3, -0.25) is 14.4 Å². The van der Waals surface area contributed by atoms with Gasteiger partial charge in [-0.1, -0.05) is 25.0 Å². The van der Waals surface area contributed by atoms with E-state index in [9.17, 15) is 14.4 Å². The Morgan fingerprint density at radius 3 is 2.68 bits per heavy atom. The molecule has 6 heteroatoms. The van der Waals surface area contributed by atoms with Gasteiger partial charge in [-0.2, -0.15) is 0 Å². The van der Waals surface area contributed by atoms with Crippen LogP contribution >= 0.6 is 0 Å². The number of rotatable bonds is 2. The highest BCUT2D eigenvalue weighted by atomic mass is 16.2. The van der Waals surface area contributed by atoms with Crippen LogP contribution in [0.3, 0.4) is 0 Å². The van der Waals surface area contributed by atoms with Gasteiger partial charge in [0.1, 0.15) is 6.04 Å². The van der Waals surface area contributed by atoms with Gasteiger partial charge in [0.15, 0.2) is 0 Å². The largest absolute Gasteiger partial charge is 0.353 e. The molecule has 2 aliphatic heterocycles. The molecule has 0 aromatic heterocycles. The third-order valence-electron chi connectivity index (χ3n) is 5.65. The van der Waals surface area contributed by atoms with Crippen molar-refractivity contribution in [3.8, 4) is 0 Å². The Balaban J connectivity index is 1.48. The molecular formula is C19H23N3O3. The minimum absolute atomic E-state index is 0.0471. The number of amides is 3. The van der Waals surface area contributed by atoms with Crippen molar-refractivity contribution in [3.63, 3.8) is 0 Å². The standard InChI is InChI=1S/C19H23N3O3/c23-17(12-5-1-2-6-12)20-13-9-10-22-16(11-13)18(24)21-15-8-4-3-7-14(15)19(22)25/h3-4,7-8,12-13,16H,1-2,5-6,9-11H2,(H,20,23)(H,21,24). The summed E-state index contributed by atoms with van der Waals surface area (Å²) in [6, 6.07) is 6.53. The smallest absolute Gasteiger partial charge is 0.256 e. The molecule has 1 saturated heterocycles. The molecule has 2 N–H and O–H groups in total. The first kappa shape index (κ1) is 16.1. The van der Waals surface area contributed by atoms with Gasteiger partial charge in [-0.15, -0.1) is 0 Å². The topological polar surface area (TPSA) is 78.5 Å². The fourth-order valence-corrected chi connectivity index (χ4v) is 4.24. The maximum absolute atomic E-state index is 12.8. The van der Waals surface area contributed by atoms with Crippen LogP contribution in [0.5, 0.6) is 0 Å². The van der Waals surface area contributed by atoms with Gasteiger partial charge >= 0.3 is 0 Å². The van der Waals surface area contributed by atoms with Gasteiger partial charge < -0.3 is 15.5 Å². The molecule has 2 atom stereocenters. The Bertz CT molecular complexity index is 712. The van der Waals surface area contributed by atoms with E-state index in [0.717, 1.165) is 25.7 Å². The van der Waals surface area contributed by atoms with E-state index in [2.05, 4.69) is 10.6 Å². The number of para-hydroxylation sites is 1. The van der Waals surface area contributed by atoms with Crippen LogP contribution in [-0.4, -0.2) is 41.2 Å². The predicted octanol–water partition coefficient (Wildman–Crippen LogP) is 1.92. The van der Waals surface area contributed by atoms with Gasteiger partial charge in [0.25, 0.3) is 5.91 Å². The highest BCUT2D eigenvalue weighted by Crippen LogP contribution is 2.29. The predicted molar refractivity (Wildman–Crippen MR) is 93.0 cm³/mol. The number of carbonyl (C=O) groups is 3. The number of anilines is 1. The fraction of sp³-hybridized carbons (Fsp3) is 0.526. The molecule has 1 aromatic carbocycles. The van der Waals surface area contributed by atoms with E-state index in [4.69, 9.17) is 0 Å². The summed E-state index contributed by atoms with van der Waals surface area (Å²) in [4.78, 5) is 39.5. The Morgan fingerprint density at radius 1 is 1.12 bits per heavy atom. The van der Waals surface area contributed by atoms with Crippen LogP contribution in [-0.2, 0) is 9.59 Å². The van der Waals surface area contributed by atoms with Crippen LogP contribution in [0, 0.1) is 5.92 Å². The van der Waals surface area contributed by atoms with E-state index in [1.54, 1.807) is 29.2 Å². The van der Waals surface area contributed by atoms with Crippen LogP contribution in [0.4, 0.5) is 5.69 Å². The number of piperidine rings is 1. The monoisotopic (exact) mass is 341 g/mol. The fourth-order valence-electron chi connectivity index (χ4n) is 4.24. The summed E-state index contributed by atoms with van der Waals surface area (Å²) in [5.74, 6) is -0.0518. The minimum Gasteiger partial charge on any atom is -0.353 e. The molecule has 1 saturated carbocycles. The molecule has 2 fully saturated rings. The molecule has 2 unspecified atom stereocenters. The molecule has 0 bridgehead atoms. The molecule has 1 aromatic rings. The number of carbonyl (C=O) groups excluding carboxylic acids is 3. The maximum Gasteiger partial charge on any atom is 0.256 e. The van der Waals surface area contributed by atoms with Crippen molar-refractivity contribution in [3.05, 3.63) is 29.8 Å². The molecule has 0 spiro atoms. The van der Waals surface area contributed by atoms with Crippen LogP contribution < -0.4 is 10.6 Å². The summed E-state index contributed by atoms with van der Waals surface area (Å²) in [6.45, 7) is 0.487. The number of hydrogen-bond acceptors (Lipinski definition) is 3.